The SMILES string of the molecule is CCOC(=O)c1ccc(N2CCCCCC2C(=O)O)nc1. The van der Waals surface area contributed by atoms with E-state index in [1.807, 2.05) is 4.90 Å². The quantitative estimate of drug-likeness (QED) is 0.856. The van der Waals surface area contributed by atoms with Crippen LogP contribution in [0.25, 0.3) is 0 Å². The summed E-state index contributed by atoms with van der Waals surface area (Å²) in [7, 11) is 0. The third-order valence-electron chi connectivity index (χ3n) is 3.59. The van der Waals surface area contributed by atoms with Crippen molar-refractivity contribution in [2.75, 3.05) is 18.1 Å². The monoisotopic (exact) mass is 292 g/mol. The Labute approximate surface area is 123 Å². The Kier molecular flexibility index (Phi) is 5.14. The van der Waals surface area contributed by atoms with Gasteiger partial charge in [-0.3, -0.25) is 0 Å². The van der Waals surface area contributed by atoms with Crippen molar-refractivity contribution in [1.82, 2.24) is 4.98 Å². The summed E-state index contributed by atoms with van der Waals surface area (Å²) in [5.41, 5.74) is 0.377. The average Bonchev–Trinajstić information content (AvgIpc) is 2.73. The molecule has 0 radical (unpaired) electrons. The summed E-state index contributed by atoms with van der Waals surface area (Å²) in [5, 5.41) is 9.36. The molecule has 0 amide bonds. The smallest absolute Gasteiger partial charge is 0.339 e. The summed E-state index contributed by atoms with van der Waals surface area (Å²) in [6.45, 7) is 2.73. The minimum atomic E-state index is -0.826. The summed E-state index contributed by atoms with van der Waals surface area (Å²) in [6, 6.07) is 2.77. The molecule has 21 heavy (non-hydrogen) atoms. The number of nitrogens with zero attached hydrogens (tertiary/aromatic N) is 2. The van der Waals surface area contributed by atoms with E-state index in [4.69, 9.17) is 4.74 Å². The van der Waals surface area contributed by atoms with E-state index in [2.05, 4.69) is 4.98 Å². The van der Waals surface area contributed by atoms with Gasteiger partial charge in [0.2, 0.25) is 0 Å². The number of aromatic nitrogens is 1. The molecule has 0 aliphatic carbocycles. The lowest BCUT2D eigenvalue weighted by atomic mass is 10.1. The first-order chi connectivity index (χ1) is 10.1. The van der Waals surface area contributed by atoms with Gasteiger partial charge in [0.15, 0.2) is 0 Å². The maximum Gasteiger partial charge on any atom is 0.339 e. The van der Waals surface area contributed by atoms with Gasteiger partial charge in [-0.25, -0.2) is 14.6 Å². The zero-order valence-electron chi connectivity index (χ0n) is 12.1. The topological polar surface area (TPSA) is 79.7 Å². The fourth-order valence-electron chi connectivity index (χ4n) is 2.53. The van der Waals surface area contributed by atoms with Gasteiger partial charge in [0.1, 0.15) is 11.9 Å². The van der Waals surface area contributed by atoms with E-state index >= 15 is 0 Å². The summed E-state index contributed by atoms with van der Waals surface area (Å²) in [6.07, 6.45) is 4.95. The third-order valence-corrected chi connectivity index (χ3v) is 3.59. The number of carboxylic acid groups (broad SMARTS) is 1. The number of carboxylic acids is 1. The van der Waals surface area contributed by atoms with E-state index in [9.17, 15) is 14.7 Å². The van der Waals surface area contributed by atoms with E-state index in [-0.39, 0.29) is 0 Å². The molecular formula is C15H20N2O4. The largest absolute Gasteiger partial charge is 0.480 e. The molecule has 6 nitrogen and oxygen atoms in total. The molecule has 6 heteroatoms. The Morgan fingerprint density at radius 3 is 2.81 bits per heavy atom. The maximum absolute atomic E-state index is 11.6. The van der Waals surface area contributed by atoms with Crippen LogP contribution in [0.1, 0.15) is 43.0 Å². The Morgan fingerprint density at radius 1 is 1.38 bits per heavy atom. The number of rotatable bonds is 4. The first kappa shape index (κ1) is 15.3. The third kappa shape index (κ3) is 3.71. The van der Waals surface area contributed by atoms with Gasteiger partial charge >= 0.3 is 11.9 Å². The zero-order chi connectivity index (χ0) is 15.2. The highest BCUT2D eigenvalue weighted by atomic mass is 16.5. The number of carbonyl (C=O) groups is 2. The van der Waals surface area contributed by atoms with Gasteiger partial charge in [0, 0.05) is 12.7 Å². The molecule has 0 aromatic carbocycles. The van der Waals surface area contributed by atoms with E-state index < -0.39 is 18.0 Å². The van der Waals surface area contributed by atoms with E-state index in [0.29, 0.717) is 31.0 Å². The van der Waals surface area contributed by atoms with Crippen molar-refractivity contribution in [3.8, 4) is 0 Å². The van der Waals surface area contributed by atoms with Crippen molar-refractivity contribution in [2.45, 2.75) is 38.6 Å². The fourth-order valence-corrected chi connectivity index (χ4v) is 2.53. The van der Waals surface area contributed by atoms with Crippen LogP contribution >= 0.6 is 0 Å². The number of hydrogen-bond acceptors (Lipinski definition) is 5. The Bertz CT molecular complexity index is 501. The highest BCUT2D eigenvalue weighted by molar-refractivity contribution is 5.89. The van der Waals surface area contributed by atoms with Crippen LogP contribution in [0, 0.1) is 0 Å². The molecule has 114 valence electrons. The second-order valence-corrected chi connectivity index (χ2v) is 5.02. The molecule has 0 spiro atoms. The lowest BCUT2D eigenvalue weighted by Crippen LogP contribution is -2.41. The van der Waals surface area contributed by atoms with Gasteiger partial charge in [-0.1, -0.05) is 12.8 Å². The van der Waals surface area contributed by atoms with Crippen molar-refractivity contribution >= 4 is 17.8 Å². The van der Waals surface area contributed by atoms with E-state index in [1.54, 1.807) is 19.1 Å². The number of carbonyl (C=O) groups excluding carboxylic acids is 1. The van der Waals surface area contributed by atoms with Crippen molar-refractivity contribution in [2.24, 2.45) is 0 Å². The van der Waals surface area contributed by atoms with Crippen LogP contribution in [-0.2, 0) is 9.53 Å². The highest BCUT2D eigenvalue weighted by Crippen LogP contribution is 2.23. The summed E-state index contributed by atoms with van der Waals surface area (Å²) in [5.74, 6) is -0.646. The molecule has 1 N–H and O–H groups in total. The van der Waals surface area contributed by atoms with Crippen LogP contribution in [0.2, 0.25) is 0 Å². The van der Waals surface area contributed by atoms with Crippen LogP contribution in [0.3, 0.4) is 0 Å². The van der Waals surface area contributed by atoms with Crippen LogP contribution in [0.15, 0.2) is 18.3 Å². The molecule has 0 bridgehead atoms. The Morgan fingerprint density at radius 2 is 2.19 bits per heavy atom. The van der Waals surface area contributed by atoms with Crippen molar-refractivity contribution < 1.29 is 19.4 Å². The molecule has 2 rings (SSSR count). The molecule has 2 heterocycles. The maximum atomic E-state index is 11.6. The molecule has 1 aromatic rings. The molecular weight excluding hydrogens is 272 g/mol. The summed E-state index contributed by atoms with van der Waals surface area (Å²) < 4.78 is 4.91. The first-order valence-corrected chi connectivity index (χ1v) is 7.26. The van der Waals surface area contributed by atoms with Gasteiger partial charge < -0.3 is 14.7 Å². The Balaban J connectivity index is 2.18. The van der Waals surface area contributed by atoms with Crippen LogP contribution in [0.4, 0.5) is 5.82 Å². The predicted octanol–water partition coefficient (Wildman–Crippen LogP) is 2.09. The number of pyridine rings is 1. The van der Waals surface area contributed by atoms with Gasteiger partial charge in [-0.05, 0) is 31.9 Å². The molecule has 1 saturated heterocycles. The molecule has 1 aromatic heterocycles. The van der Waals surface area contributed by atoms with E-state index in [1.165, 1.54) is 6.20 Å². The summed E-state index contributed by atoms with van der Waals surface area (Å²) in [4.78, 5) is 29.0. The zero-order valence-corrected chi connectivity index (χ0v) is 12.1. The number of hydrogen-bond donors (Lipinski definition) is 1. The van der Waals surface area contributed by atoms with Crippen molar-refractivity contribution in [3.05, 3.63) is 23.9 Å². The number of anilines is 1. The number of aliphatic carboxylic acids is 1. The average molecular weight is 292 g/mol. The molecule has 1 unspecified atom stereocenters. The lowest BCUT2D eigenvalue weighted by molar-refractivity contribution is -0.138. The lowest BCUT2D eigenvalue weighted by Gasteiger charge is -2.27. The van der Waals surface area contributed by atoms with Gasteiger partial charge in [0.25, 0.3) is 0 Å². The molecule has 1 atom stereocenters. The van der Waals surface area contributed by atoms with E-state index in [0.717, 1.165) is 19.3 Å². The number of esters is 1. The summed E-state index contributed by atoms with van der Waals surface area (Å²) >= 11 is 0. The first-order valence-electron chi connectivity index (χ1n) is 7.26. The van der Waals surface area contributed by atoms with Crippen molar-refractivity contribution in [1.29, 1.82) is 0 Å². The molecule has 1 aliphatic rings. The fraction of sp³-hybridized carbons (Fsp3) is 0.533. The highest BCUT2D eigenvalue weighted by Gasteiger charge is 2.28. The van der Waals surface area contributed by atoms with Crippen molar-refractivity contribution in [3.63, 3.8) is 0 Å². The minimum Gasteiger partial charge on any atom is -0.480 e. The molecule has 1 fully saturated rings. The minimum absolute atomic E-state index is 0.313. The predicted molar refractivity (Wildman–Crippen MR) is 77.4 cm³/mol. The second kappa shape index (κ2) is 7.06. The van der Waals surface area contributed by atoms with Gasteiger partial charge in [-0.15, -0.1) is 0 Å². The van der Waals surface area contributed by atoms with Gasteiger partial charge in [-0.2, -0.15) is 0 Å². The Hall–Kier alpha value is -2.11. The number of ether oxygens (including phenoxy) is 1. The van der Waals surface area contributed by atoms with Crippen LogP contribution in [-0.4, -0.2) is 41.2 Å². The van der Waals surface area contributed by atoms with Crippen LogP contribution < -0.4 is 4.90 Å². The molecule has 1 aliphatic heterocycles. The standard InChI is InChI=1S/C15H20N2O4/c1-2-21-15(20)11-7-8-13(16-10-11)17-9-5-3-4-6-12(17)14(18)19/h7-8,10,12H,2-6,9H2,1H3,(H,18,19). The normalized spacial score (nSPS) is 18.9. The molecule has 0 saturated carbocycles. The second-order valence-electron chi connectivity index (χ2n) is 5.02. The van der Waals surface area contributed by atoms with Crippen LogP contribution in [0.5, 0.6) is 0 Å². The van der Waals surface area contributed by atoms with Gasteiger partial charge in [0.05, 0.1) is 12.2 Å².